The van der Waals surface area contributed by atoms with E-state index in [1.807, 2.05) is 68.4 Å². The second-order valence-corrected chi connectivity index (χ2v) is 8.68. The van der Waals surface area contributed by atoms with Crippen LogP contribution in [0.5, 0.6) is 5.88 Å². The fraction of sp³-hybridized carbons (Fsp3) is 0.167. The molecule has 4 rings (SSSR count). The minimum Gasteiger partial charge on any atom is -0.468 e. The molecule has 0 saturated carbocycles. The van der Waals surface area contributed by atoms with Gasteiger partial charge in [-0.1, -0.05) is 44.0 Å². The number of halogens is 2. The predicted molar refractivity (Wildman–Crippen MR) is 132 cm³/mol. The van der Waals surface area contributed by atoms with Gasteiger partial charge in [0.2, 0.25) is 5.88 Å². The van der Waals surface area contributed by atoms with Gasteiger partial charge in [-0.05, 0) is 50.2 Å². The van der Waals surface area contributed by atoms with Crippen LogP contribution in [0.25, 0.3) is 0 Å². The van der Waals surface area contributed by atoms with E-state index in [0.29, 0.717) is 5.88 Å². The molecule has 2 atom stereocenters. The first-order valence-electron chi connectivity index (χ1n) is 9.92. The van der Waals surface area contributed by atoms with Crippen molar-refractivity contribution in [3.05, 3.63) is 116 Å². The first-order valence-corrected chi connectivity index (χ1v) is 11.5. The molecule has 2 unspecified atom stereocenters. The number of nitrogens with zero attached hydrogens (tertiary/aromatic N) is 4. The van der Waals surface area contributed by atoms with E-state index in [4.69, 9.17) is 4.74 Å². The van der Waals surface area contributed by atoms with Crippen LogP contribution in [0.1, 0.15) is 37.4 Å². The van der Waals surface area contributed by atoms with E-state index in [9.17, 15) is 4.79 Å². The monoisotopic (exact) mass is 556 g/mol. The van der Waals surface area contributed by atoms with Crippen LogP contribution >= 0.6 is 31.9 Å². The van der Waals surface area contributed by atoms with Crippen molar-refractivity contribution in [2.24, 2.45) is 0 Å². The standard InChI is InChI=1S/2C12H11BrN2O/c1-9(11-4-2-3-6-14-11)16-12-8-10(13)5-7-15-12;1-9(11-4-2-3-6-14-11)15-7-5-10(13)8-12(15)16/h2*2-9H,1H3. The van der Waals surface area contributed by atoms with Crippen molar-refractivity contribution in [2.45, 2.75) is 26.0 Å². The Labute approximate surface area is 203 Å². The Kier molecular flexibility index (Phi) is 8.70. The molecule has 0 bridgehead atoms. The van der Waals surface area contributed by atoms with Crippen molar-refractivity contribution in [2.75, 3.05) is 0 Å². The van der Waals surface area contributed by atoms with E-state index in [2.05, 4.69) is 46.8 Å². The van der Waals surface area contributed by atoms with Crippen LogP contribution in [0.4, 0.5) is 0 Å². The highest BCUT2D eigenvalue weighted by atomic mass is 79.9. The largest absolute Gasteiger partial charge is 0.468 e. The lowest BCUT2D eigenvalue weighted by molar-refractivity contribution is 0.212. The van der Waals surface area contributed by atoms with Gasteiger partial charge in [-0.2, -0.15) is 0 Å². The highest BCUT2D eigenvalue weighted by molar-refractivity contribution is 9.10. The van der Waals surface area contributed by atoms with E-state index in [1.54, 1.807) is 35.4 Å². The van der Waals surface area contributed by atoms with E-state index >= 15 is 0 Å². The van der Waals surface area contributed by atoms with Gasteiger partial charge in [0, 0.05) is 45.9 Å². The van der Waals surface area contributed by atoms with Gasteiger partial charge in [-0.3, -0.25) is 14.8 Å². The van der Waals surface area contributed by atoms with Crippen molar-refractivity contribution in [1.29, 1.82) is 0 Å². The Morgan fingerprint density at radius 2 is 1.47 bits per heavy atom. The lowest BCUT2D eigenvalue weighted by atomic mass is 10.2. The molecule has 4 heterocycles. The lowest BCUT2D eigenvalue weighted by Gasteiger charge is -2.14. The molecule has 164 valence electrons. The third-order valence-electron chi connectivity index (χ3n) is 4.54. The molecule has 0 aliphatic heterocycles. The zero-order chi connectivity index (χ0) is 22.9. The van der Waals surface area contributed by atoms with Gasteiger partial charge in [-0.25, -0.2) is 4.98 Å². The quantitative estimate of drug-likeness (QED) is 0.301. The second-order valence-electron chi connectivity index (χ2n) is 6.85. The summed E-state index contributed by atoms with van der Waals surface area (Å²) < 4.78 is 9.08. The topological polar surface area (TPSA) is 69.9 Å². The number of aromatic nitrogens is 4. The van der Waals surface area contributed by atoms with Crippen molar-refractivity contribution in [3.63, 3.8) is 0 Å². The van der Waals surface area contributed by atoms with Crippen molar-refractivity contribution >= 4 is 31.9 Å². The first kappa shape index (κ1) is 23.8. The van der Waals surface area contributed by atoms with Gasteiger partial charge in [0.15, 0.2) is 0 Å². The molecule has 0 amide bonds. The lowest BCUT2D eigenvalue weighted by Crippen LogP contribution is -2.22. The maximum absolute atomic E-state index is 11.8. The summed E-state index contributed by atoms with van der Waals surface area (Å²) in [7, 11) is 0. The fourth-order valence-electron chi connectivity index (χ4n) is 2.86. The van der Waals surface area contributed by atoms with Crippen molar-refractivity contribution in [1.82, 2.24) is 19.5 Å². The van der Waals surface area contributed by atoms with E-state index in [0.717, 1.165) is 20.3 Å². The predicted octanol–water partition coefficient (Wildman–Crippen LogP) is 5.99. The number of ether oxygens (including phenoxy) is 1. The molecule has 6 nitrogen and oxygen atoms in total. The third kappa shape index (κ3) is 6.83. The Hall–Kier alpha value is -2.84. The fourth-order valence-corrected chi connectivity index (χ4v) is 3.49. The molecule has 0 aliphatic rings. The molecule has 0 aromatic carbocycles. The molecule has 32 heavy (non-hydrogen) atoms. The summed E-state index contributed by atoms with van der Waals surface area (Å²) in [5, 5.41) is 0. The number of pyridine rings is 4. The summed E-state index contributed by atoms with van der Waals surface area (Å²) in [6, 6.07) is 18.5. The van der Waals surface area contributed by atoms with Gasteiger partial charge < -0.3 is 9.30 Å². The van der Waals surface area contributed by atoms with Crippen LogP contribution in [-0.4, -0.2) is 19.5 Å². The van der Waals surface area contributed by atoms with Crippen LogP contribution < -0.4 is 10.3 Å². The van der Waals surface area contributed by atoms with E-state index in [-0.39, 0.29) is 17.7 Å². The number of hydrogen-bond acceptors (Lipinski definition) is 5. The smallest absolute Gasteiger partial charge is 0.252 e. The minimum absolute atomic E-state index is 0.0347. The Balaban J connectivity index is 0.000000181. The second kappa shape index (κ2) is 11.7. The summed E-state index contributed by atoms with van der Waals surface area (Å²) in [6.07, 6.45) is 6.85. The molecule has 4 aromatic rings. The molecular formula is C24H22Br2N4O2. The SMILES string of the molecule is CC(Oc1cc(Br)ccn1)c1ccccn1.CC(c1ccccn1)n1ccc(Br)cc1=O. The number of hydrogen-bond donors (Lipinski definition) is 0. The summed E-state index contributed by atoms with van der Waals surface area (Å²) in [6.45, 7) is 3.91. The van der Waals surface area contributed by atoms with Crippen molar-refractivity contribution in [3.8, 4) is 5.88 Å². The normalized spacial score (nSPS) is 12.2. The molecule has 0 spiro atoms. The first-order chi connectivity index (χ1) is 15.4. The Bertz CT molecular complexity index is 1190. The van der Waals surface area contributed by atoms with Gasteiger partial charge in [-0.15, -0.1) is 0 Å². The van der Waals surface area contributed by atoms with Gasteiger partial charge in [0.05, 0.1) is 17.4 Å². The molecule has 0 radical (unpaired) electrons. The molecule has 8 heteroatoms. The van der Waals surface area contributed by atoms with Crippen molar-refractivity contribution < 1.29 is 4.74 Å². The van der Waals surface area contributed by atoms with Gasteiger partial charge in [0.1, 0.15) is 6.10 Å². The average molecular weight is 558 g/mol. The van der Waals surface area contributed by atoms with Gasteiger partial charge >= 0.3 is 0 Å². The zero-order valence-electron chi connectivity index (χ0n) is 17.6. The molecule has 4 aromatic heterocycles. The summed E-state index contributed by atoms with van der Waals surface area (Å²) in [4.78, 5) is 24.4. The number of rotatable bonds is 5. The highest BCUT2D eigenvalue weighted by Gasteiger charge is 2.10. The maximum atomic E-state index is 11.8. The maximum Gasteiger partial charge on any atom is 0.252 e. The van der Waals surface area contributed by atoms with E-state index in [1.165, 1.54) is 0 Å². The van der Waals surface area contributed by atoms with Crippen LogP contribution in [0.3, 0.4) is 0 Å². The summed E-state index contributed by atoms with van der Waals surface area (Å²) in [5.74, 6) is 0.590. The Morgan fingerprint density at radius 1 is 0.812 bits per heavy atom. The molecule has 0 saturated heterocycles. The Morgan fingerprint density at radius 3 is 2.06 bits per heavy atom. The zero-order valence-corrected chi connectivity index (χ0v) is 20.8. The summed E-state index contributed by atoms with van der Waals surface area (Å²) in [5.41, 5.74) is 1.74. The third-order valence-corrected chi connectivity index (χ3v) is 5.53. The van der Waals surface area contributed by atoms with Crippen LogP contribution in [0, 0.1) is 0 Å². The molecule has 0 fully saturated rings. The van der Waals surface area contributed by atoms with Crippen LogP contribution in [0.2, 0.25) is 0 Å². The van der Waals surface area contributed by atoms with Gasteiger partial charge in [0.25, 0.3) is 5.56 Å². The summed E-state index contributed by atoms with van der Waals surface area (Å²) >= 11 is 6.65. The molecule has 0 aliphatic carbocycles. The average Bonchev–Trinajstić information content (AvgIpc) is 2.80. The van der Waals surface area contributed by atoms with E-state index < -0.39 is 0 Å². The van der Waals surface area contributed by atoms with Crippen LogP contribution in [0.15, 0.2) is 99.2 Å². The highest BCUT2D eigenvalue weighted by Crippen LogP contribution is 2.21. The molecular weight excluding hydrogens is 536 g/mol. The minimum atomic E-state index is -0.108. The molecule has 0 N–H and O–H groups in total. The van der Waals surface area contributed by atoms with Crippen LogP contribution in [-0.2, 0) is 0 Å².